The first kappa shape index (κ1) is 12.6. The summed E-state index contributed by atoms with van der Waals surface area (Å²) in [6, 6.07) is 8.60. The van der Waals surface area contributed by atoms with Crippen LogP contribution in [0.3, 0.4) is 0 Å². The van der Waals surface area contributed by atoms with Crippen LogP contribution in [0.25, 0.3) is 0 Å². The maximum absolute atomic E-state index is 2.24. The highest BCUT2D eigenvalue weighted by Crippen LogP contribution is 2.47. The van der Waals surface area contributed by atoms with Crippen LogP contribution >= 0.6 is 23.5 Å². The summed E-state index contributed by atoms with van der Waals surface area (Å²) < 4.78 is 0. The zero-order chi connectivity index (χ0) is 12.1. The average molecular weight is 260 g/mol. The van der Waals surface area contributed by atoms with Crippen molar-refractivity contribution in [2.45, 2.75) is 30.1 Å². The zero-order valence-corrected chi connectivity index (χ0v) is 11.8. The molecule has 17 heavy (non-hydrogen) atoms. The normalized spacial score (nSPS) is 16.6. The van der Waals surface area contributed by atoms with Gasteiger partial charge in [-0.1, -0.05) is 73.8 Å². The molecule has 2 aliphatic rings. The van der Waals surface area contributed by atoms with Crippen LogP contribution in [0.1, 0.15) is 20.3 Å². The van der Waals surface area contributed by atoms with E-state index in [0.717, 1.165) is 6.42 Å². The minimum atomic E-state index is 1.05. The van der Waals surface area contributed by atoms with Crippen molar-refractivity contribution in [3.63, 3.8) is 0 Å². The fraction of sp³-hybridized carbons (Fsp3) is 0.200. The van der Waals surface area contributed by atoms with Gasteiger partial charge in [-0.05, 0) is 18.6 Å². The van der Waals surface area contributed by atoms with Crippen LogP contribution in [-0.4, -0.2) is 0 Å². The SMILES string of the molecule is C1=CC2=C(C=CC1)Sc1ccccc1S2.CC. The third-order valence-corrected chi connectivity index (χ3v) is 4.90. The van der Waals surface area contributed by atoms with Crippen LogP contribution in [0.5, 0.6) is 0 Å². The molecule has 1 aliphatic heterocycles. The molecule has 0 fully saturated rings. The Morgan fingerprint density at radius 1 is 0.824 bits per heavy atom. The molecule has 1 aliphatic carbocycles. The summed E-state index contributed by atoms with van der Waals surface area (Å²) >= 11 is 3.75. The third kappa shape index (κ3) is 2.88. The Morgan fingerprint density at radius 3 is 1.76 bits per heavy atom. The van der Waals surface area contributed by atoms with Crippen LogP contribution in [0.4, 0.5) is 0 Å². The van der Waals surface area contributed by atoms with E-state index in [4.69, 9.17) is 0 Å². The maximum Gasteiger partial charge on any atom is 0.0262 e. The fourth-order valence-electron chi connectivity index (χ4n) is 1.62. The summed E-state index contributed by atoms with van der Waals surface area (Å²) in [5.41, 5.74) is 0. The van der Waals surface area contributed by atoms with E-state index in [-0.39, 0.29) is 0 Å². The number of thioether (sulfide) groups is 2. The number of hydrogen-bond acceptors (Lipinski definition) is 2. The Kier molecular flexibility index (Phi) is 4.57. The molecule has 1 aromatic rings. The second kappa shape index (κ2) is 6.18. The first-order chi connectivity index (χ1) is 8.43. The molecular formula is C15H16S2. The van der Waals surface area contributed by atoms with Crippen LogP contribution in [0.15, 0.2) is 68.2 Å². The lowest BCUT2D eigenvalue weighted by molar-refractivity contribution is 1.25. The smallest absolute Gasteiger partial charge is 0.0262 e. The third-order valence-electron chi connectivity index (χ3n) is 2.34. The average Bonchev–Trinajstić information content (AvgIpc) is 2.63. The quantitative estimate of drug-likeness (QED) is 0.592. The van der Waals surface area contributed by atoms with Crippen molar-refractivity contribution in [3.05, 3.63) is 58.4 Å². The van der Waals surface area contributed by atoms with Gasteiger partial charge >= 0.3 is 0 Å². The van der Waals surface area contributed by atoms with Crippen LogP contribution in [0, 0.1) is 0 Å². The molecule has 0 saturated carbocycles. The maximum atomic E-state index is 2.24. The first-order valence-electron chi connectivity index (χ1n) is 5.95. The number of allylic oxidation sites excluding steroid dienone is 4. The van der Waals surface area contributed by atoms with E-state index in [2.05, 4.69) is 48.6 Å². The Morgan fingerprint density at radius 2 is 1.29 bits per heavy atom. The van der Waals surface area contributed by atoms with Crippen molar-refractivity contribution >= 4 is 23.5 Å². The molecule has 1 aromatic carbocycles. The highest BCUT2D eigenvalue weighted by molar-refractivity contribution is 8.09. The van der Waals surface area contributed by atoms with E-state index in [1.807, 2.05) is 37.4 Å². The van der Waals surface area contributed by atoms with E-state index in [1.165, 1.54) is 19.6 Å². The lowest BCUT2D eigenvalue weighted by atomic mass is 10.4. The van der Waals surface area contributed by atoms with Crippen molar-refractivity contribution in [1.29, 1.82) is 0 Å². The van der Waals surface area contributed by atoms with Gasteiger partial charge in [0.15, 0.2) is 0 Å². The van der Waals surface area contributed by atoms with Crippen molar-refractivity contribution in [2.24, 2.45) is 0 Å². The predicted molar refractivity (Wildman–Crippen MR) is 79.4 cm³/mol. The van der Waals surface area contributed by atoms with Gasteiger partial charge in [0.25, 0.3) is 0 Å². The number of fused-ring (bicyclic) bond motifs is 1. The molecule has 3 rings (SSSR count). The molecule has 0 atom stereocenters. The molecule has 0 nitrogen and oxygen atoms in total. The zero-order valence-electron chi connectivity index (χ0n) is 10.1. The van der Waals surface area contributed by atoms with E-state index in [1.54, 1.807) is 0 Å². The molecule has 0 radical (unpaired) electrons. The van der Waals surface area contributed by atoms with Gasteiger partial charge in [-0.25, -0.2) is 0 Å². The van der Waals surface area contributed by atoms with Gasteiger partial charge in [-0.15, -0.1) is 0 Å². The molecule has 0 amide bonds. The summed E-state index contributed by atoms with van der Waals surface area (Å²) in [5.74, 6) is 0. The van der Waals surface area contributed by atoms with Crippen molar-refractivity contribution < 1.29 is 0 Å². The van der Waals surface area contributed by atoms with E-state index < -0.39 is 0 Å². The second-order valence-corrected chi connectivity index (χ2v) is 5.59. The lowest BCUT2D eigenvalue weighted by Gasteiger charge is -2.17. The van der Waals surface area contributed by atoms with Gasteiger partial charge in [-0.3, -0.25) is 0 Å². The summed E-state index contributed by atoms with van der Waals surface area (Å²) in [5, 5.41) is 0. The van der Waals surface area contributed by atoms with Crippen LogP contribution < -0.4 is 0 Å². The molecule has 0 saturated heterocycles. The minimum absolute atomic E-state index is 1.05. The Balaban J connectivity index is 0.000000514. The van der Waals surface area contributed by atoms with Gasteiger partial charge < -0.3 is 0 Å². The van der Waals surface area contributed by atoms with Gasteiger partial charge in [-0.2, -0.15) is 0 Å². The summed E-state index contributed by atoms with van der Waals surface area (Å²) in [7, 11) is 0. The minimum Gasteiger partial charge on any atom is -0.0877 e. The largest absolute Gasteiger partial charge is 0.0877 e. The highest BCUT2D eigenvalue weighted by Gasteiger charge is 2.16. The van der Waals surface area contributed by atoms with E-state index in [0.29, 0.717) is 0 Å². The molecule has 0 bridgehead atoms. The first-order valence-corrected chi connectivity index (χ1v) is 7.59. The summed E-state index contributed by atoms with van der Waals surface area (Å²) in [6.07, 6.45) is 9.97. The van der Waals surface area contributed by atoms with E-state index in [9.17, 15) is 0 Å². The standard InChI is InChI=1S/C13H10S2.C2H6/c1-2-6-10-11(7-3-1)15-13-9-5-4-8-12(13)14-10;1-2/h2-9H,1H2;1-2H3. The van der Waals surface area contributed by atoms with Crippen LogP contribution in [-0.2, 0) is 0 Å². The number of benzene rings is 1. The van der Waals surface area contributed by atoms with Crippen molar-refractivity contribution in [1.82, 2.24) is 0 Å². The second-order valence-electron chi connectivity index (χ2n) is 3.42. The summed E-state index contributed by atoms with van der Waals surface area (Å²) in [4.78, 5) is 5.52. The number of hydrogen-bond donors (Lipinski definition) is 0. The Hall–Kier alpha value is -0.860. The molecule has 1 heterocycles. The molecule has 0 aromatic heterocycles. The monoisotopic (exact) mass is 260 g/mol. The Labute approximate surface area is 112 Å². The van der Waals surface area contributed by atoms with Crippen molar-refractivity contribution in [3.8, 4) is 0 Å². The molecule has 0 N–H and O–H groups in total. The molecule has 88 valence electrons. The van der Waals surface area contributed by atoms with Crippen molar-refractivity contribution in [2.75, 3.05) is 0 Å². The Bertz CT molecular complexity index is 438. The van der Waals surface area contributed by atoms with Gasteiger partial charge in [0.2, 0.25) is 0 Å². The van der Waals surface area contributed by atoms with Crippen LogP contribution in [0.2, 0.25) is 0 Å². The molecular weight excluding hydrogens is 244 g/mol. The fourth-order valence-corrected chi connectivity index (χ4v) is 3.89. The molecule has 0 unspecified atom stereocenters. The van der Waals surface area contributed by atoms with E-state index >= 15 is 0 Å². The van der Waals surface area contributed by atoms with Gasteiger partial charge in [0, 0.05) is 19.6 Å². The summed E-state index contributed by atoms with van der Waals surface area (Å²) in [6.45, 7) is 4.00. The lowest BCUT2D eigenvalue weighted by Crippen LogP contribution is -1.88. The van der Waals surface area contributed by atoms with Gasteiger partial charge in [0.05, 0.1) is 0 Å². The topological polar surface area (TPSA) is 0 Å². The predicted octanol–water partition coefficient (Wildman–Crippen LogP) is 5.64. The number of rotatable bonds is 0. The highest BCUT2D eigenvalue weighted by atomic mass is 32.2. The molecule has 0 spiro atoms. The molecule has 2 heteroatoms. The van der Waals surface area contributed by atoms with Gasteiger partial charge in [0.1, 0.15) is 0 Å².